The molecule has 1 unspecified atom stereocenters. The van der Waals surface area contributed by atoms with E-state index >= 15 is 0 Å². The highest BCUT2D eigenvalue weighted by atomic mass is 19.3. The molecular formula is C23H23F2NO. The predicted molar refractivity (Wildman–Crippen MR) is 106 cm³/mol. The van der Waals surface area contributed by atoms with Crippen molar-refractivity contribution in [3.05, 3.63) is 89.0 Å². The van der Waals surface area contributed by atoms with Gasteiger partial charge in [0.15, 0.2) is 0 Å². The number of nitrogens with zero attached hydrogens (tertiary/aromatic N) is 1. The summed E-state index contributed by atoms with van der Waals surface area (Å²) in [6, 6.07) is 13.7. The number of furan rings is 1. The van der Waals surface area contributed by atoms with Crippen LogP contribution in [0.4, 0.5) is 8.78 Å². The summed E-state index contributed by atoms with van der Waals surface area (Å²) in [4.78, 5) is 4.43. The smallest absolute Gasteiger partial charge is 0.270 e. The van der Waals surface area contributed by atoms with Gasteiger partial charge in [-0.05, 0) is 44.0 Å². The second kappa shape index (κ2) is 7.47. The molecule has 0 radical (unpaired) electrons. The first-order valence-electron chi connectivity index (χ1n) is 8.92. The van der Waals surface area contributed by atoms with E-state index in [9.17, 15) is 8.78 Å². The van der Waals surface area contributed by atoms with E-state index in [1.54, 1.807) is 18.4 Å². The van der Waals surface area contributed by atoms with Crippen LogP contribution >= 0.6 is 0 Å². The van der Waals surface area contributed by atoms with Crippen LogP contribution in [0, 0.1) is 0 Å². The largest absolute Gasteiger partial charge is 0.459 e. The monoisotopic (exact) mass is 367 g/mol. The summed E-state index contributed by atoms with van der Waals surface area (Å²) in [5.74, 6) is -1.45. The van der Waals surface area contributed by atoms with Crippen molar-refractivity contribution in [2.45, 2.75) is 38.5 Å². The molecule has 4 heteroatoms. The fraction of sp³-hybridized carbons (Fsp3) is 0.261. The van der Waals surface area contributed by atoms with Crippen molar-refractivity contribution >= 4 is 12.3 Å². The van der Waals surface area contributed by atoms with Gasteiger partial charge in [0.1, 0.15) is 11.5 Å². The van der Waals surface area contributed by atoms with Gasteiger partial charge in [-0.2, -0.15) is 0 Å². The number of aliphatic imine (C=N–C) groups is 1. The minimum Gasteiger partial charge on any atom is -0.459 e. The zero-order valence-corrected chi connectivity index (χ0v) is 15.7. The third-order valence-electron chi connectivity index (χ3n) is 4.64. The number of benzene rings is 1. The number of halogens is 2. The summed E-state index contributed by atoms with van der Waals surface area (Å²) in [6.07, 6.45) is 9.01. The lowest BCUT2D eigenvalue weighted by molar-refractivity contribution is 0.0664. The van der Waals surface area contributed by atoms with Gasteiger partial charge in [0.25, 0.3) is 5.92 Å². The Kier molecular flexibility index (Phi) is 5.26. The van der Waals surface area contributed by atoms with Crippen LogP contribution in [-0.4, -0.2) is 12.1 Å². The summed E-state index contributed by atoms with van der Waals surface area (Å²) in [6.45, 7) is 4.82. The maximum atomic E-state index is 13.4. The Morgan fingerprint density at radius 3 is 2.56 bits per heavy atom. The van der Waals surface area contributed by atoms with E-state index in [-0.39, 0.29) is 5.57 Å². The lowest BCUT2D eigenvalue weighted by Crippen LogP contribution is -2.23. The molecule has 0 N–H and O–H groups in total. The van der Waals surface area contributed by atoms with Crippen molar-refractivity contribution in [1.29, 1.82) is 0 Å². The molecule has 0 aliphatic heterocycles. The molecule has 1 aromatic carbocycles. The predicted octanol–water partition coefficient (Wildman–Crippen LogP) is 6.56. The number of allylic oxidation sites excluding steroid dienone is 5. The number of hydrogen-bond donors (Lipinski definition) is 0. The molecule has 3 rings (SSSR count). The molecule has 1 heterocycles. The summed E-state index contributed by atoms with van der Waals surface area (Å²) in [7, 11) is 0. The number of rotatable bonds is 5. The molecule has 0 fully saturated rings. The number of hydrogen-bond acceptors (Lipinski definition) is 2. The molecular weight excluding hydrogens is 344 g/mol. The van der Waals surface area contributed by atoms with Gasteiger partial charge in [-0.25, -0.2) is 8.78 Å². The lowest BCUT2D eigenvalue weighted by Gasteiger charge is -2.27. The van der Waals surface area contributed by atoms with Crippen LogP contribution in [0.3, 0.4) is 0 Å². The maximum absolute atomic E-state index is 13.4. The first-order chi connectivity index (χ1) is 12.8. The van der Waals surface area contributed by atoms with Crippen LogP contribution in [0.25, 0.3) is 6.08 Å². The molecule has 0 bridgehead atoms. The van der Waals surface area contributed by atoms with E-state index in [0.717, 1.165) is 23.9 Å². The minimum absolute atomic E-state index is 0.0509. The van der Waals surface area contributed by atoms with Crippen molar-refractivity contribution in [2.24, 2.45) is 4.99 Å². The highest BCUT2D eigenvalue weighted by molar-refractivity contribution is 5.77. The van der Waals surface area contributed by atoms with Crippen molar-refractivity contribution < 1.29 is 13.2 Å². The van der Waals surface area contributed by atoms with Crippen LogP contribution in [0.2, 0.25) is 0 Å². The molecule has 1 aliphatic carbocycles. The Morgan fingerprint density at radius 1 is 1.19 bits per heavy atom. The Morgan fingerprint density at radius 2 is 1.93 bits per heavy atom. The Hall–Kier alpha value is -2.75. The van der Waals surface area contributed by atoms with Crippen LogP contribution in [-0.2, 0) is 5.41 Å². The van der Waals surface area contributed by atoms with Crippen molar-refractivity contribution in [2.75, 3.05) is 0 Å². The molecule has 0 saturated carbocycles. The van der Waals surface area contributed by atoms with Gasteiger partial charge in [0.05, 0.1) is 6.21 Å². The van der Waals surface area contributed by atoms with E-state index in [1.165, 1.54) is 6.08 Å². The second-order valence-corrected chi connectivity index (χ2v) is 7.16. The van der Waals surface area contributed by atoms with E-state index in [4.69, 9.17) is 4.42 Å². The van der Waals surface area contributed by atoms with Crippen molar-refractivity contribution in [3.63, 3.8) is 0 Å². The zero-order valence-electron chi connectivity index (χ0n) is 15.7. The average molecular weight is 367 g/mol. The molecule has 2 aromatic rings. The topological polar surface area (TPSA) is 25.5 Å². The molecule has 0 spiro atoms. The first kappa shape index (κ1) is 19.0. The summed E-state index contributed by atoms with van der Waals surface area (Å²) in [5, 5.41) is 0. The van der Waals surface area contributed by atoms with Crippen LogP contribution in [0.5, 0.6) is 0 Å². The normalized spacial score (nSPS) is 20.9. The summed E-state index contributed by atoms with van der Waals surface area (Å²) >= 11 is 0. The highest BCUT2D eigenvalue weighted by Crippen LogP contribution is 2.38. The van der Waals surface area contributed by atoms with Gasteiger partial charge < -0.3 is 4.42 Å². The minimum atomic E-state index is -2.82. The Balaban J connectivity index is 1.71. The average Bonchev–Trinajstić information content (AvgIpc) is 3.10. The fourth-order valence-corrected chi connectivity index (χ4v) is 2.96. The van der Waals surface area contributed by atoms with E-state index in [1.807, 2.05) is 62.4 Å². The first-order valence-corrected chi connectivity index (χ1v) is 8.92. The van der Waals surface area contributed by atoms with Gasteiger partial charge in [-0.15, -0.1) is 0 Å². The zero-order chi connectivity index (χ0) is 19.5. The van der Waals surface area contributed by atoms with E-state index < -0.39 is 11.3 Å². The van der Waals surface area contributed by atoms with Crippen LogP contribution in [0.15, 0.2) is 81.4 Å². The maximum Gasteiger partial charge on any atom is 0.270 e. The van der Waals surface area contributed by atoms with Crippen LogP contribution in [0.1, 0.15) is 44.3 Å². The Labute approximate surface area is 158 Å². The standard InChI is InChI=1S/C23H23F2NO/c1-17(15-18-7-5-4-6-8-18)26-16-20-9-10-21(27-20)22(2)13-11-19(12-14-22)23(3,24)25/h4-13,15-16H,14H2,1-3H3/b17-15+,26-16?. The molecule has 140 valence electrons. The quantitative estimate of drug-likeness (QED) is 0.550. The van der Waals surface area contributed by atoms with Gasteiger partial charge in [0.2, 0.25) is 0 Å². The lowest BCUT2D eigenvalue weighted by atomic mass is 9.79. The third-order valence-corrected chi connectivity index (χ3v) is 4.64. The van der Waals surface area contributed by atoms with Crippen molar-refractivity contribution in [3.8, 4) is 0 Å². The van der Waals surface area contributed by atoms with Gasteiger partial charge in [-0.1, -0.05) is 48.6 Å². The molecule has 1 atom stereocenters. The van der Waals surface area contributed by atoms with Crippen molar-refractivity contribution in [1.82, 2.24) is 0 Å². The molecule has 27 heavy (non-hydrogen) atoms. The summed E-state index contributed by atoms with van der Waals surface area (Å²) in [5.41, 5.74) is 1.56. The Bertz CT molecular complexity index is 913. The molecule has 0 amide bonds. The SMILES string of the molecule is C/C(=C\c1ccccc1)N=Cc1ccc(C2(C)C=CC(C(C)(F)F)=CC2)o1. The number of alkyl halides is 2. The fourth-order valence-electron chi connectivity index (χ4n) is 2.96. The van der Waals surface area contributed by atoms with E-state index in [0.29, 0.717) is 12.2 Å². The molecule has 1 aliphatic rings. The highest BCUT2D eigenvalue weighted by Gasteiger charge is 2.33. The van der Waals surface area contributed by atoms with Crippen LogP contribution < -0.4 is 0 Å². The molecule has 1 aromatic heterocycles. The second-order valence-electron chi connectivity index (χ2n) is 7.16. The van der Waals surface area contributed by atoms with Gasteiger partial charge >= 0.3 is 0 Å². The van der Waals surface area contributed by atoms with Gasteiger partial charge in [-0.3, -0.25) is 4.99 Å². The molecule has 2 nitrogen and oxygen atoms in total. The van der Waals surface area contributed by atoms with Gasteiger partial charge in [0, 0.05) is 23.6 Å². The molecule has 0 saturated heterocycles. The van der Waals surface area contributed by atoms with E-state index in [2.05, 4.69) is 4.99 Å². The summed E-state index contributed by atoms with van der Waals surface area (Å²) < 4.78 is 32.8. The third kappa shape index (κ3) is 4.70.